The maximum Gasteiger partial charge on any atom is 0.323 e. The fraction of sp³-hybridized carbons (Fsp3) is 0.727. The molecule has 0 aliphatic carbocycles. The van der Waals surface area contributed by atoms with Gasteiger partial charge in [0.25, 0.3) is 0 Å². The molecule has 0 atom stereocenters. The van der Waals surface area contributed by atoms with E-state index in [1.165, 1.54) is 0 Å². The lowest BCUT2D eigenvalue weighted by Gasteiger charge is -2.20. The van der Waals surface area contributed by atoms with Gasteiger partial charge in [-0.15, -0.1) is 0 Å². The van der Waals surface area contributed by atoms with Crippen LogP contribution in [0.3, 0.4) is 0 Å². The third-order valence-electron chi connectivity index (χ3n) is 2.23. The van der Waals surface area contributed by atoms with Gasteiger partial charge in [-0.3, -0.25) is 5.43 Å². The zero-order valence-corrected chi connectivity index (χ0v) is 11.5. The number of nitrogens with one attached hydrogen (secondary N) is 1. The molecule has 0 unspecified atom stereocenters. The first-order valence-corrected chi connectivity index (χ1v) is 6.25. The van der Waals surface area contributed by atoms with Crippen molar-refractivity contribution in [3.05, 3.63) is 0 Å². The first kappa shape index (κ1) is 14.4. The quantitative estimate of drug-likeness (QED) is 0.558. The van der Waals surface area contributed by atoms with Crippen molar-refractivity contribution in [3.8, 4) is 6.01 Å². The number of nitrogens with zero attached hydrogens (tertiary/aromatic N) is 4. The van der Waals surface area contributed by atoms with Gasteiger partial charge >= 0.3 is 6.01 Å². The third kappa shape index (κ3) is 3.99. The first-order valence-electron chi connectivity index (χ1n) is 6.25. The number of rotatable bonds is 7. The molecular formula is C11H22N6O. The van der Waals surface area contributed by atoms with Crippen LogP contribution in [0.4, 0.5) is 11.9 Å². The molecule has 0 spiro atoms. The van der Waals surface area contributed by atoms with E-state index in [0.717, 1.165) is 19.5 Å². The Hall–Kier alpha value is -1.63. The molecule has 1 rings (SSSR count). The highest BCUT2D eigenvalue weighted by atomic mass is 16.5. The van der Waals surface area contributed by atoms with Crippen LogP contribution in [0.25, 0.3) is 0 Å². The van der Waals surface area contributed by atoms with Crippen molar-refractivity contribution < 1.29 is 4.74 Å². The maximum absolute atomic E-state index is 5.49. The minimum atomic E-state index is 0.00660. The van der Waals surface area contributed by atoms with E-state index in [0.29, 0.717) is 11.9 Å². The molecule has 0 radical (unpaired) electrons. The van der Waals surface area contributed by atoms with Gasteiger partial charge in [0.1, 0.15) is 0 Å². The molecule has 102 valence electrons. The molecule has 18 heavy (non-hydrogen) atoms. The number of hydrogen-bond acceptors (Lipinski definition) is 7. The van der Waals surface area contributed by atoms with Crippen LogP contribution in [0.2, 0.25) is 0 Å². The van der Waals surface area contributed by atoms with Crippen molar-refractivity contribution in [3.63, 3.8) is 0 Å². The van der Waals surface area contributed by atoms with Crippen LogP contribution < -0.4 is 20.9 Å². The van der Waals surface area contributed by atoms with Crippen molar-refractivity contribution in [2.24, 2.45) is 5.84 Å². The van der Waals surface area contributed by atoms with E-state index in [9.17, 15) is 0 Å². The number of ether oxygens (including phenoxy) is 1. The summed E-state index contributed by atoms with van der Waals surface area (Å²) in [5, 5.41) is 0. The summed E-state index contributed by atoms with van der Waals surface area (Å²) < 4.78 is 5.49. The lowest BCUT2D eigenvalue weighted by molar-refractivity contribution is 0.222. The van der Waals surface area contributed by atoms with Gasteiger partial charge in [-0.2, -0.15) is 15.0 Å². The fourth-order valence-electron chi connectivity index (χ4n) is 1.48. The first-order chi connectivity index (χ1) is 8.60. The molecule has 0 aromatic carbocycles. The molecule has 0 saturated heterocycles. The second-order valence-corrected chi connectivity index (χ2v) is 4.13. The SMILES string of the molecule is CCCN(CC)c1nc(NN)nc(OC(C)C)n1. The summed E-state index contributed by atoms with van der Waals surface area (Å²) >= 11 is 0. The van der Waals surface area contributed by atoms with Gasteiger partial charge in [-0.1, -0.05) is 6.92 Å². The van der Waals surface area contributed by atoms with Gasteiger partial charge in [0.05, 0.1) is 6.10 Å². The lowest BCUT2D eigenvalue weighted by atomic mass is 10.4. The molecule has 0 saturated carbocycles. The minimum absolute atomic E-state index is 0.00660. The number of aromatic nitrogens is 3. The maximum atomic E-state index is 5.49. The molecule has 0 bridgehead atoms. The van der Waals surface area contributed by atoms with E-state index in [4.69, 9.17) is 10.6 Å². The Kier molecular flexibility index (Phi) is 5.57. The summed E-state index contributed by atoms with van der Waals surface area (Å²) in [7, 11) is 0. The normalized spacial score (nSPS) is 10.6. The summed E-state index contributed by atoms with van der Waals surface area (Å²) in [5.74, 6) is 6.25. The van der Waals surface area contributed by atoms with Crippen LogP contribution >= 0.6 is 0 Å². The van der Waals surface area contributed by atoms with Crippen molar-refractivity contribution in [2.75, 3.05) is 23.4 Å². The molecule has 3 N–H and O–H groups in total. The van der Waals surface area contributed by atoms with Gasteiger partial charge < -0.3 is 9.64 Å². The number of nitrogen functional groups attached to an aromatic ring is 1. The highest BCUT2D eigenvalue weighted by Gasteiger charge is 2.12. The predicted octanol–water partition coefficient (Wildman–Crippen LogP) is 1.18. The minimum Gasteiger partial charge on any atom is -0.461 e. The van der Waals surface area contributed by atoms with Gasteiger partial charge in [0.15, 0.2) is 0 Å². The molecule has 7 heteroatoms. The highest BCUT2D eigenvalue weighted by molar-refractivity contribution is 5.37. The zero-order chi connectivity index (χ0) is 13.5. The van der Waals surface area contributed by atoms with E-state index in [-0.39, 0.29) is 12.1 Å². The monoisotopic (exact) mass is 254 g/mol. The average molecular weight is 254 g/mol. The van der Waals surface area contributed by atoms with Crippen LogP contribution in [0.5, 0.6) is 6.01 Å². The standard InChI is InChI=1S/C11H22N6O/c1-5-7-17(6-2)10-13-9(16-12)14-11(15-10)18-8(3)4/h8H,5-7,12H2,1-4H3,(H,13,14,15,16). The van der Waals surface area contributed by atoms with E-state index in [2.05, 4.69) is 39.1 Å². The largest absolute Gasteiger partial charge is 0.461 e. The van der Waals surface area contributed by atoms with Crippen molar-refractivity contribution in [2.45, 2.75) is 40.2 Å². The van der Waals surface area contributed by atoms with E-state index >= 15 is 0 Å². The van der Waals surface area contributed by atoms with Crippen LogP contribution in [-0.2, 0) is 0 Å². The van der Waals surface area contributed by atoms with E-state index in [1.807, 2.05) is 13.8 Å². The predicted molar refractivity (Wildman–Crippen MR) is 71.6 cm³/mol. The molecule has 0 aliphatic heterocycles. The van der Waals surface area contributed by atoms with Crippen LogP contribution in [0.15, 0.2) is 0 Å². The molecular weight excluding hydrogens is 232 g/mol. The Labute approximate surface area is 108 Å². The molecule has 0 fully saturated rings. The van der Waals surface area contributed by atoms with Crippen molar-refractivity contribution in [1.82, 2.24) is 15.0 Å². The summed E-state index contributed by atoms with van der Waals surface area (Å²) in [5.41, 5.74) is 2.43. The molecule has 1 heterocycles. The Morgan fingerprint density at radius 1 is 1.28 bits per heavy atom. The summed E-state index contributed by atoms with van der Waals surface area (Å²) in [6, 6.07) is 0.289. The fourth-order valence-corrected chi connectivity index (χ4v) is 1.48. The molecule has 7 nitrogen and oxygen atoms in total. The molecule has 1 aromatic heterocycles. The number of hydrazine groups is 1. The zero-order valence-electron chi connectivity index (χ0n) is 11.5. The topological polar surface area (TPSA) is 89.2 Å². The van der Waals surface area contributed by atoms with Gasteiger partial charge in [0.2, 0.25) is 11.9 Å². The Balaban J connectivity index is 3.01. The number of nitrogens with two attached hydrogens (primary N) is 1. The van der Waals surface area contributed by atoms with Gasteiger partial charge in [-0.25, -0.2) is 5.84 Å². The Morgan fingerprint density at radius 3 is 2.50 bits per heavy atom. The molecule has 1 aromatic rings. The lowest BCUT2D eigenvalue weighted by Crippen LogP contribution is -2.27. The number of anilines is 2. The van der Waals surface area contributed by atoms with Crippen LogP contribution in [0.1, 0.15) is 34.1 Å². The number of hydrogen-bond donors (Lipinski definition) is 2. The van der Waals surface area contributed by atoms with Crippen LogP contribution in [0, 0.1) is 0 Å². The average Bonchev–Trinajstić information content (AvgIpc) is 2.34. The second-order valence-electron chi connectivity index (χ2n) is 4.13. The Bertz CT molecular complexity index is 371. The van der Waals surface area contributed by atoms with Gasteiger partial charge in [-0.05, 0) is 27.2 Å². The Morgan fingerprint density at radius 2 is 2.00 bits per heavy atom. The van der Waals surface area contributed by atoms with Crippen molar-refractivity contribution >= 4 is 11.9 Å². The highest BCUT2D eigenvalue weighted by Crippen LogP contribution is 2.15. The second kappa shape index (κ2) is 6.95. The van der Waals surface area contributed by atoms with Crippen LogP contribution in [-0.4, -0.2) is 34.1 Å². The van der Waals surface area contributed by atoms with Gasteiger partial charge in [0, 0.05) is 13.1 Å². The summed E-state index contributed by atoms with van der Waals surface area (Å²) in [4.78, 5) is 14.6. The molecule has 0 aliphatic rings. The smallest absolute Gasteiger partial charge is 0.323 e. The van der Waals surface area contributed by atoms with Crippen molar-refractivity contribution in [1.29, 1.82) is 0 Å². The summed E-state index contributed by atoms with van der Waals surface area (Å²) in [6.45, 7) is 9.70. The molecule has 0 amide bonds. The third-order valence-corrected chi connectivity index (χ3v) is 2.23. The summed E-state index contributed by atoms with van der Waals surface area (Å²) in [6.07, 6.45) is 1.03. The van der Waals surface area contributed by atoms with E-state index in [1.54, 1.807) is 0 Å². The van der Waals surface area contributed by atoms with E-state index < -0.39 is 0 Å².